The first kappa shape index (κ1) is 16.7. The first-order chi connectivity index (χ1) is 12.1. The minimum Gasteiger partial charge on any atom is -0.493 e. The van der Waals surface area contributed by atoms with E-state index in [0.29, 0.717) is 34.8 Å². The van der Waals surface area contributed by atoms with Gasteiger partial charge >= 0.3 is 0 Å². The van der Waals surface area contributed by atoms with Crippen LogP contribution in [0, 0.1) is 6.92 Å². The molecule has 0 aliphatic carbocycles. The molecule has 3 rings (SSSR count). The van der Waals surface area contributed by atoms with Crippen molar-refractivity contribution in [1.82, 2.24) is 9.66 Å². The molecule has 0 saturated heterocycles. The van der Waals surface area contributed by atoms with Gasteiger partial charge in [-0.25, -0.2) is 4.98 Å². The summed E-state index contributed by atoms with van der Waals surface area (Å²) in [5.74, 6) is 1.81. The summed E-state index contributed by atoms with van der Waals surface area (Å²) in [5, 5.41) is 4.83. The fourth-order valence-corrected chi connectivity index (χ4v) is 2.53. The summed E-state index contributed by atoms with van der Waals surface area (Å²) in [6.45, 7) is 4.22. The van der Waals surface area contributed by atoms with Gasteiger partial charge in [0.05, 0.1) is 30.8 Å². The zero-order valence-corrected chi connectivity index (χ0v) is 14.4. The normalized spacial score (nSPS) is 11.2. The fraction of sp³-hybridized carbons (Fsp3) is 0.211. The van der Waals surface area contributed by atoms with Gasteiger partial charge in [0.1, 0.15) is 5.82 Å². The smallest absolute Gasteiger partial charge is 0.282 e. The van der Waals surface area contributed by atoms with Crippen LogP contribution < -0.4 is 15.0 Å². The number of methoxy groups -OCH3 is 1. The summed E-state index contributed by atoms with van der Waals surface area (Å²) in [6, 6.07) is 12.7. The van der Waals surface area contributed by atoms with Gasteiger partial charge in [0.15, 0.2) is 11.5 Å². The second-order valence-electron chi connectivity index (χ2n) is 5.38. The molecule has 0 saturated carbocycles. The Kier molecular flexibility index (Phi) is 4.79. The third-order valence-corrected chi connectivity index (χ3v) is 3.73. The van der Waals surface area contributed by atoms with E-state index in [9.17, 15) is 4.79 Å². The Morgan fingerprint density at radius 1 is 1.20 bits per heavy atom. The van der Waals surface area contributed by atoms with Crippen LogP contribution in [-0.4, -0.2) is 29.6 Å². The lowest BCUT2D eigenvalue weighted by Crippen LogP contribution is -2.20. The summed E-state index contributed by atoms with van der Waals surface area (Å²) in [7, 11) is 1.58. The molecule has 0 bridgehead atoms. The topological polar surface area (TPSA) is 65.7 Å². The number of benzene rings is 2. The molecule has 1 aromatic heterocycles. The third kappa shape index (κ3) is 3.38. The van der Waals surface area contributed by atoms with Crippen molar-refractivity contribution < 1.29 is 9.47 Å². The molecule has 1 heterocycles. The number of hydrogen-bond acceptors (Lipinski definition) is 5. The monoisotopic (exact) mass is 337 g/mol. The number of aromatic nitrogens is 2. The SMILES string of the molecule is CCOc1ccc(/C=N/n2c(C)nc3ccccc3c2=O)cc1OC. The minimum atomic E-state index is -0.197. The molecule has 6 nitrogen and oxygen atoms in total. The van der Waals surface area contributed by atoms with Gasteiger partial charge in [-0.05, 0) is 49.7 Å². The average Bonchev–Trinajstić information content (AvgIpc) is 2.62. The number of ether oxygens (including phenoxy) is 2. The van der Waals surface area contributed by atoms with Crippen LogP contribution in [0.1, 0.15) is 18.3 Å². The Bertz CT molecular complexity index is 993. The molecule has 25 heavy (non-hydrogen) atoms. The predicted molar refractivity (Wildman–Crippen MR) is 97.9 cm³/mol. The third-order valence-electron chi connectivity index (χ3n) is 3.73. The highest BCUT2D eigenvalue weighted by atomic mass is 16.5. The van der Waals surface area contributed by atoms with Crippen molar-refractivity contribution in [3.8, 4) is 11.5 Å². The van der Waals surface area contributed by atoms with Gasteiger partial charge < -0.3 is 9.47 Å². The van der Waals surface area contributed by atoms with E-state index in [1.54, 1.807) is 26.3 Å². The van der Waals surface area contributed by atoms with Crippen molar-refractivity contribution in [2.75, 3.05) is 13.7 Å². The molecule has 0 radical (unpaired) electrons. The second-order valence-corrected chi connectivity index (χ2v) is 5.38. The highest BCUT2D eigenvalue weighted by Gasteiger charge is 2.07. The van der Waals surface area contributed by atoms with Gasteiger partial charge in [0.25, 0.3) is 5.56 Å². The maximum absolute atomic E-state index is 12.6. The summed E-state index contributed by atoms with van der Waals surface area (Å²) in [6.07, 6.45) is 1.60. The highest BCUT2D eigenvalue weighted by Crippen LogP contribution is 2.27. The van der Waals surface area contributed by atoms with Crippen molar-refractivity contribution in [3.63, 3.8) is 0 Å². The molecular formula is C19H19N3O3. The van der Waals surface area contributed by atoms with Crippen LogP contribution in [0.2, 0.25) is 0 Å². The average molecular weight is 337 g/mol. The highest BCUT2D eigenvalue weighted by molar-refractivity contribution is 5.81. The lowest BCUT2D eigenvalue weighted by atomic mass is 10.2. The van der Waals surface area contributed by atoms with Crippen molar-refractivity contribution in [2.24, 2.45) is 5.10 Å². The summed E-state index contributed by atoms with van der Waals surface area (Å²) in [4.78, 5) is 17.0. The van der Waals surface area contributed by atoms with E-state index in [2.05, 4.69) is 10.1 Å². The summed E-state index contributed by atoms with van der Waals surface area (Å²) >= 11 is 0. The quantitative estimate of drug-likeness (QED) is 0.671. The molecule has 0 spiro atoms. The molecule has 0 aliphatic rings. The molecule has 0 aliphatic heterocycles. The standard InChI is InChI=1S/C19H19N3O3/c1-4-25-17-10-9-14(11-18(17)24-3)12-20-22-13(2)21-16-8-6-5-7-15(16)19(22)23/h5-12H,4H2,1-3H3/b20-12+. The van der Waals surface area contributed by atoms with Crippen molar-refractivity contribution in [1.29, 1.82) is 0 Å². The molecule has 0 N–H and O–H groups in total. The fourth-order valence-electron chi connectivity index (χ4n) is 2.53. The number of fused-ring (bicyclic) bond motifs is 1. The Hall–Kier alpha value is -3.15. The van der Waals surface area contributed by atoms with E-state index in [0.717, 1.165) is 5.56 Å². The zero-order valence-electron chi connectivity index (χ0n) is 14.4. The van der Waals surface area contributed by atoms with Crippen molar-refractivity contribution in [2.45, 2.75) is 13.8 Å². The van der Waals surface area contributed by atoms with Crippen LogP contribution in [0.4, 0.5) is 0 Å². The Labute approximate surface area is 145 Å². The minimum absolute atomic E-state index is 0.197. The van der Waals surface area contributed by atoms with E-state index >= 15 is 0 Å². The molecule has 6 heteroatoms. The molecule has 0 atom stereocenters. The van der Waals surface area contributed by atoms with E-state index in [4.69, 9.17) is 9.47 Å². The summed E-state index contributed by atoms with van der Waals surface area (Å²) in [5.41, 5.74) is 1.26. The van der Waals surface area contributed by atoms with E-state index in [-0.39, 0.29) is 5.56 Å². The number of nitrogens with zero attached hydrogens (tertiary/aromatic N) is 3. The van der Waals surface area contributed by atoms with E-state index in [1.165, 1.54) is 4.68 Å². The molecule has 3 aromatic rings. The number of aryl methyl sites for hydroxylation is 1. The zero-order chi connectivity index (χ0) is 17.8. The van der Waals surface area contributed by atoms with Crippen LogP contribution in [0.25, 0.3) is 10.9 Å². The Morgan fingerprint density at radius 2 is 2.00 bits per heavy atom. The number of hydrogen-bond donors (Lipinski definition) is 0. The van der Waals surface area contributed by atoms with Crippen LogP contribution in [-0.2, 0) is 0 Å². The van der Waals surface area contributed by atoms with E-state index < -0.39 is 0 Å². The van der Waals surface area contributed by atoms with Gasteiger partial charge in [-0.15, -0.1) is 0 Å². The number of para-hydroxylation sites is 1. The summed E-state index contributed by atoms with van der Waals surface area (Å²) < 4.78 is 12.1. The molecule has 0 unspecified atom stereocenters. The van der Waals surface area contributed by atoms with Crippen molar-refractivity contribution in [3.05, 3.63) is 64.2 Å². The van der Waals surface area contributed by atoms with Crippen LogP contribution in [0.5, 0.6) is 11.5 Å². The van der Waals surface area contributed by atoms with Gasteiger partial charge in [-0.3, -0.25) is 4.79 Å². The largest absolute Gasteiger partial charge is 0.493 e. The first-order valence-electron chi connectivity index (χ1n) is 7.97. The molecule has 2 aromatic carbocycles. The predicted octanol–water partition coefficient (Wildman–Crippen LogP) is 2.99. The maximum Gasteiger partial charge on any atom is 0.282 e. The Balaban J connectivity index is 2.00. The van der Waals surface area contributed by atoms with Crippen LogP contribution in [0.15, 0.2) is 52.4 Å². The Morgan fingerprint density at radius 3 is 2.76 bits per heavy atom. The van der Waals surface area contributed by atoms with Gasteiger partial charge in [-0.1, -0.05) is 12.1 Å². The molecular weight excluding hydrogens is 318 g/mol. The maximum atomic E-state index is 12.6. The molecule has 0 fully saturated rings. The van der Waals surface area contributed by atoms with E-state index in [1.807, 2.05) is 43.3 Å². The number of rotatable bonds is 5. The second kappa shape index (κ2) is 7.17. The van der Waals surface area contributed by atoms with Crippen molar-refractivity contribution >= 4 is 17.1 Å². The molecule has 0 amide bonds. The molecule has 128 valence electrons. The van der Waals surface area contributed by atoms with Crippen LogP contribution >= 0.6 is 0 Å². The lowest BCUT2D eigenvalue weighted by molar-refractivity contribution is 0.311. The van der Waals surface area contributed by atoms with Crippen LogP contribution in [0.3, 0.4) is 0 Å². The first-order valence-corrected chi connectivity index (χ1v) is 7.97. The lowest BCUT2D eigenvalue weighted by Gasteiger charge is -2.09. The van der Waals surface area contributed by atoms with Gasteiger partial charge in [0, 0.05) is 0 Å². The van der Waals surface area contributed by atoms with Gasteiger partial charge in [-0.2, -0.15) is 9.78 Å². The van der Waals surface area contributed by atoms with Gasteiger partial charge in [0.2, 0.25) is 0 Å².